The van der Waals surface area contributed by atoms with Crippen molar-refractivity contribution in [2.45, 2.75) is 16.3 Å². The van der Waals surface area contributed by atoms with E-state index in [1.165, 1.54) is 24.0 Å². The van der Waals surface area contributed by atoms with Crippen LogP contribution in [0.2, 0.25) is 0 Å². The van der Waals surface area contributed by atoms with Gasteiger partial charge < -0.3 is 15.0 Å². The van der Waals surface area contributed by atoms with Gasteiger partial charge in [-0.25, -0.2) is 14.4 Å². The van der Waals surface area contributed by atoms with Crippen LogP contribution in [0.25, 0.3) is 0 Å². The van der Waals surface area contributed by atoms with E-state index in [1.54, 1.807) is 24.3 Å². The summed E-state index contributed by atoms with van der Waals surface area (Å²) in [5.74, 6) is -0.192. The summed E-state index contributed by atoms with van der Waals surface area (Å²) >= 11 is 1.22. The number of carbonyl (C=O) groups is 1. The van der Waals surface area contributed by atoms with E-state index in [2.05, 4.69) is 38.9 Å². The Labute approximate surface area is 190 Å². The number of rotatable bonds is 7. The van der Waals surface area contributed by atoms with Gasteiger partial charge in [0.1, 0.15) is 10.9 Å². The number of hydrogen-bond acceptors (Lipinski definition) is 6. The van der Waals surface area contributed by atoms with E-state index in [0.717, 1.165) is 42.4 Å². The Bertz CT molecular complexity index is 1100. The number of ether oxygens (including phenoxy) is 1. The Morgan fingerprint density at radius 1 is 1.22 bits per heavy atom. The minimum Gasteiger partial charge on any atom is -0.378 e. The second-order valence-corrected chi connectivity index (χ2v) is 8.27. The van der Waals surface area contributed by atoms with Gasteiger partial charge in [0.25, 0.3) is 0 Å². The number of carbonyl (C=O) groups excluding carboxylic acids is 1. The molecular formula is C24H23FN4O2S. The average Bonchev–Trinajstić information content (AvgIpc) is 2.83. The molecule has 0 radical (unpaired) electrons. The maximum atomic E-state index is 14.4. The molecule has 1 N–H and O–H groups in total. The summed E-state index contributed by atoms with van der Waals surface area (Å²) in [5, 5.41) is 2.95. The molecule has 0 saturated carbocycles. The Morgan fingerprint density at radius 3 is 2.75 bits per heavy atom. The molecule has 2 heterocycles. The Balaban J connectivity index is 1.46. The molecule has 8 heteroatoms. The fourth-order valence-electron chi connectivity index (χ4n) is 3.32. The van der Waals surface area contributed by atoms with Crippen LogP contribution in [-0.4, -0.2) is 42.2 Å². The molecule has 0 unspecified atom stereocenters. The number of amides is 1. The van der Waals surface area contributed by atoms with Crippen molar-refractivity contribution in [1.82, 2.24) is 9.97 Å². The number of morpholine rings is 1. The topological polar surface area (TPSA) is 67.4 Å². The molecule has 164 valence electrons. The molecule has 32 heavy (non-hydrogen) atoms. The summed E-state index contributed by atoms with van der Waals surface area (Å²) in [7, 11) is 0. The smallest absolute Gasteiger partial charge is 0.247 e. The normalized spacial score (nSPS) is 13.6. The molecule has 6 nitrogen and oxygen atoms in total. The molecule has 0 bridgehead atoms. The monoisotopic (exact) mass is 450 g/mol. The van der Waals surface area contributed by atoms with Crippen molar-refractivity contribution in [3.8, 4) is 0 Å². The molecule has 1 amide bonds. The molecule has 1 aromatic heterocycles. The quantitative estimate of drug-likeness (QED) is 0.427. The van der Waals surface area contributed by atoms with Crippen molar-refractivity contribution in [3.63, 3.8) is 0 Å². The van der Waals surface area contributed by atoms with Crippen LogP contribution in [0.1, 0.15) is 11.4 Å². The number of hydrogen-bond donors (Lipinski definition) is 1. The van der Waals surface area contributed by atoms with E-state index in [1.807, 2.05) is 12.1 Å². The van der Waals surface area contributed by atoms with Gasteiger partial charge in [-0.05, 0) is 48.0 Å². The number of benzene rings is 2. The van der Waals surface area contributed by atoms with Gasteiger partial charge in [0.2, 0.25) is 5.91 Å². The van der Waals surface area contributed by atoms with Gasteiger partial charge in [0.15, 0.2) is 5.82 Å². The highest BCUT2D eigenvalue weighted by atomic mass is 32.2. The third-order valence-corrected chi connectivity index (χ3v) is 5.92. The van der Waals surface area contributed by atoms with E-state index in [9.17, 15) is 9.18 Å². The first-order valence-electron chi connectivity index (χ1n) is 10.2. The van der Waals surface area contributed by atoms with Crippen molar-refractivity contribution in [2.24, 2.45) is 0 Å². The minimum atomic E-state index is -0.468. The largest absolute Gasteiger partial charge is 0.378 e. The summed E-state index contributed by atoms with van der Waals surface area (Å²) in [6.07, 6.45) is 2.94. The van der Waals surface area contributed by atoms with Gasteiger partial charge in [-0.1, -0.05) is 30.5 Å². The summed E-state index contributed by atoms with van der Waals surface area (Å²) in [6, 6.07) is 15.4. The van der Waals surface area contributed by atoms with Crippen LogP contribution in [0.15, 0.2) is 77.3 Å². The van der Waals surface area contributed by atoms with Crippen molar-refractivity contribution in [3.05, 3.63) is 84.6 Å². The van der Waals surface area contributed by atoms with E-state index >= 15 is 0 Å². The van der Waals surface area contributed by atoms with Crippen LogP contribution in [0.5, 0.6) is 0 Å². The van der Waals surface area contributed by atoms with Crippen molar-refractivity contribution >= 4 is 29.0 Å². The second-order valence-electron chi connectivity index (χ2n) is 7.21. The van der Waals surface area contributed by atoms with E-state index in [-0.39, 0.29) is 10.9 Å². The lowest BCUT2D eigenvalue weighted by atomic mass is 10.1. The molecule has 1 aliphatic rings. The van der Waals surface area contributed by atoms with E-state index in [4.69, 9.17) is 4.74 Å². The molecule has 1 aliphatic heterocycles. The summed E-state index contributed by atoms with van der Waals surface area (Å²) in [5.41, 5.74) is 2.85. The fraction of sp³-hybridized carbons (Fsp3) is 0.208. The molecule has 2 aromatic carbocycles. The van der Waals surface area contributed by atoms with Crippen LogP contribution in [-0.2, 0) is 16.0 Å². The van der Waals surface area contributed by atoms with Gasteiger partial charge >= 0.3 is 0 Å². The number of nitrogens with zero attached hydrogens (tertiary/aromatic N) is 3. The number of aromatic nitrogens is 2. The van der Waals surface area contributed by atoms with Gasteiger partial charge in [0, 0.05) is 35.8 Å². The summed E-state index contributed by atoms with van der Waals surface area (Å²) in [6.45, 7) is 6.62. The lowest BCUT2D eigenvalue weighted by Crippen LogP contribution is -2.36. The predicted molar refractivity (Wildman–Crippen MR) is 124 cm³/mol. The van der Waals surface area contributed by atoms with E-state index in [0.29, 0.717) is 17.9 Å². The van der Waals surface area contributed by atoms with Gasteiger partial charge in [-0.15, -0.1) is 0 Å². The summed E-state index contributed by atoms with van der Waals surface area (Å²) in [4.78, 5) is 23.1. The zero-order valence-electron chi connectivity index (χ0n) is 17.5. The second kappa shape index (κ2) is 10.4. The van der Waals surface area contributed by atoms with Crippen LogP contribution < -0.4 is 10.2 Å². The molecular weight excluding hydrogens is 427 g/mol. The third kappa shape index (κ3) is 5.72. The number of nitrogens with one attached hydrogen (secondary N) is 1. The highest BCUT2D eigenvalue weighted by molar-refractivity contribution is 7.99. The predicted octanol–water partition coefficient (Wildman–Crippen LogP) is 4.32. The van der Waals surface area contributed by atoms with Crippen LogP contribution in [0, 0.1) is 5.82 Å². The highest BCUT2D eigenvalue weighted by Gasteiger charge is 2.13. The van der Waals surface area contributed by atoms with E-state index < -0.39 is 5.82 Å². The van der Waals surface area contributed by atoms with Crippen LogP contribution in [0.3, 0.4) is 0 Å². The minimum absolute atomic E-state index is 0.266. The first kappa shape index (κ1) is 22.0. The maximum Gasteiger partial charge on any atom is 0.247 e. The van der Waals surface area contributed by atoms with Crippen LogP contribution >= 0.6 is 11.8 Å². The summed E-state index contributed by atoms with van der Waals surface area (Å²) < 4.78 is 19.8. The Morgan fingerprint density at radius 2 is 2.00 bits per heavy atom. The molecule has 1 fully saturated rings. The van der Waals surface area contributed by atoms with Crippen molar-refractivity contribution < 1.29 is 13.9 Å². The lowest BCUT2D eigenvalue weighted by Gasteiger charge is -2.29. The highest BCUT2D eigenvalue weighted by Crippen LogP contribution is 2.29. The third-order valence-electron chi connectivity index (χ3n) is 4.93. The van der Waals surface area contributed by atoms with Crippen molar-refractivity contribution in [1.29, 1.82) is 0 Å². The Hall–Kier alpha value is -3.23. The SMILES string of the molecule is C=CC(=O)Nc1ccc(Sc2nc(Cc3cccc(N4CCOCC4)c3)ncc2F)cc1. The lowest BCUT2D eigenvalue weighted by molar-refractivity contribution is -0.111. The van der Waals surface area contributed by atoms with Crippen LogP contribution in [0.4, 0.5) is 15.8 Å². The first-order valence-corrected chi connectivity index (χ1v) is 11.1. The molecule has 0 aliphatic carbocycles. The van der Waals surface area contributed by atoms with Gasteiger partial charge in [-0.2, -0.15) is 0 Å². The molecule has 3 aromatic rings. The van der Waals surface area contributed by atoms with Gasteiger partial charge in [0.05, 0.1) is 19.4 Å². The molecule has 1 saturated heterocycles. The molecule has 4 rings (SSSR count). The Kier molecular flexibility index (Phi) is 7.14. The maximum absolute atomic E-state index is 14.4. The number of halogens is 1. The first-order chi connectivity index (χ1) is 15.6. The molecule has 0 atom stereocenters. The molecule has 0 spiro atoms. The van der Waals surface area contributed by atoms with Gasteiger partial charge in [-0.3, -0.25) is 4.79 Å². The zero-order chi connectivity index (χ0) is 22.3. The standard InChI is InChI=1S/C24H23FN4O2S/c1-2-23(30)27-18-6-8-20(9-7-18)32-24-21(25)16-26-22(28-24)15-17-4-3-5-19(14-17)29-10-12-31-13-11-29/h2-9,14,16H,1,10-13,15H2,(H,27,30). The fourth-order valence-corrected chi connectivity index (χ4v) is 4.12. The number of anilines is 2. The average molecular weight is 451 g/mol. The van der Waals surface area contributed by atoms with Crippen molar-refractivity contribution in [2.75, 3.05) is 36.5 Å². The zero-order valence-corrected chi connectivity index (χ0v) is 18.3.